The second kappa shape index (κ2) is 11.4. The summed E-state index contributed by atoms with van der Waals surface area (Å²) in [6, 6.07) is 3.40. The lowest BCUT2D eigenvalue weighted by Gasteiger charge is -2.24. The summed E-state index contributed by atoms with van der Waals surface area (Å²) < 4.78 is 29.2. The standard InChI is InChI=1S/C25H30F2N6O2/c1-6-16-9-17(14(2)31-21(16)12-23(29)32-15(3)34)18-10-22(20(27)11-19(18)26)33-24(35)30-8-7-25(4,5)13-28/h9-12,31H,6-8H2,1-5H3,(H2,29,32,34)(H2,30,33,35)/b21-12+. The molecule has 10 heteroatoms. The minimum absolute atomic E-state index is 0.0826. The van der Waals surface area contributed by atoms with Crippen molar-refractivity contribution < 1.29 is 18.4 Å². The fraction of sp³-hybridized carbons (Fsp3) is 0.360. The van der Waals surface area contributed by atoms with Crippen LogP contribution in [0.5, 0.6) is 0 Å². The van der Waals surface area contributed by atoms with E-state index in [1.165, 1.54) is 19.1 Å². The molecule has 0 aromatic heterocycles. The van der Waals surface area contributed by atoms with Crippen LogP contribution in [0.1, 0.15) is 53.0 Å². The van der Waals surface area contributed by atoms with Crippen LogP contribution in [-0.2, 0) is 4.79 Å². The minimum atomic E-state index is -0.926. The van der Waals surface area contributed by atoms with Gasteiger partial charge in [-0.1, -0.05) is 6.92 Å². The number of rotatable bonds is 7. The van der Waals surface area contributed by atoms with E-state index in [2.05, 4.69) is 27.3 Å². The molecule has 0 saturated heterocycles. The van der Waals surface area contributed by atoms with Crippen molar-refractivity contribution in [3.05, 3.63) is 58.4 Å². The molecule has 8 nitrogen and oxygen atoms in total. The Bertz CT molecular complexity index is 1180. The summed E-state index contributed by atoms with van der Waals surface area (Å²) in [5.41, 5.74) is 1.60. The molecule has 0 atom stereocenters. The minimum Gasteiger partial charge on any atom is -0.358 e. The van der Waals surface area contributed by atoms with E-state index in [0.717, 1.165) is 5.57 Å². The maximum atomic E-state index is 14.8. The molecular formula is C25H30F2N6O2. The summed E-state index contributed by atoms with van der Waals surface area (Å²) in [5.74, 6) is -2.20. The van der Waals surface area contributed by atoms with Crippen LogP contribution in [0.15, 0.2) is 41.3 Å². The largest absolute Gasteiger partial charge is 0.358 e. The van der Waals surface area contributed by atoms with Crippen LogP contribution < -0.4 is 21.3 Å². The molecule has 0 radical (unpaired) electrons. The fourth-order valence-electron chi connectivity index (χ4n) is 3.34. The van der Waals surface area contributed by atoms with Gasteiger partial charge in [0, 0.05) is 48.1 Å². The Hall–Kier alpha value is -4.00. The van der Waals surface area contributed by atoms with Gasteiger partial charge in [0.15, 0.2) is 0 Å². The first-order chi connectivity index (χ1) is 16.4. The number of nitrogens with one attached hydrogen (secondary N) is 5. The summed E-state index contributed by atoms with van der Waals surface area (Å²) in [6.07, 6.45) is 4.13. The lowest BCUT2D eigenvalue weighted by molar-refractivity contribution is -0.117. The molecule has 1 heterocycles. The second-order valence-electron chi connectivity index (χ2n) is 8.78. The highest BCUT2D eigenvalue weighted by atomic mass is 19.1. The highest BCUT2D eigenvalue weighted by Gasteiger charge is 2.21. The van der Waals surface area contributed by atoms with E-state index in [0.29, 0.717) is 35.9 Å². The molecular weight excluding hydrogens is 454 g/mol. The number of amidine groups is 1. The van der Waals surface area contributed by atoms with E-state index in [4.69, 9.17) is 10.7 Å². The third-order valence-corrected chi connectivity index (χ3v) is 5.30. The number of dihydropyridines is 1. The second-order valence-corrected chi connectivity index (χ2v) is 8.78. The molecule has 2 rings (SSSR count). The van der Waals surface area contributed by atoms with E-state index in [-0.39, 0.29) is 29.5 Å². The third-order valence-electron chi connectivity index (χ3n) is 5.30. The number of allylic oxidation sites excluding steroid dienone is 4. The van der Waals surface area contributed by atoms with Gasteiger partial charge in [-0.2, -0.15) is 5.26 Å². The first-order valence-corrected chi connectivity index (χ1v) is 11.1. The highest BCUT2D eigenvalue weighted by Crippen LogP contribution is 2.33. The zero-order valence-electron chi connectivity index (χ0n) is 20.5. The van der Waals surface area contributed by atoms with Gasteiger partial charge in [0.2, 0.25) is 5.91 Å². The molecule has 0 spiro atoms. The van der Waals surface area contributed by atoms with Gasteiger partial charge in [0.1, 0.15) is 17.5 Å². The first kappa shape index (κ1) is 27.2. The summed E-state index contributed by atoms with van der Waals surface area (Å²) in [6.45, 7) is 8.59. The van der Waals surface area contributed by atoms with Crippen molar-refractivity contribution in [3.8, 4) is 6.07 Å². The highest BCUT2D eigenvalue weighted by molar-refractivity contribution is 6.02. The summed E-state index contributed by atoms with van der Waals surface area (Å²) in [7, 11) is 0. The Labute approximate surface area is 203 Å². The van der Waals surface area contributed by atoms with Gasteiger partial charge in [-0.3, -0.25) is 10.2 Å². The molecule has 35 heavy (non-hydrogen) atoms. The molecule has 0 aliphatic carbocycles. The molecule has 3 amide bonds. The monoisotopic (exact) mass is 484 g/mol. The van der Waals surface area contributed by atoms with E-state index in [1.807, 2.05) is 6.92 Å². The molecule has 186 valence electrons. The van der Waals surface area contributed by atoms with Crippen LogP contribution in [0.3, 0.4) is 0 Å². The van der Waals surface area contributed by atoms with E-state index >= 15 is 0 Å². The molecule has 1 aliphatic rings. The van der Waals surface area contributed by atoms with Crippen LogP contribution >= 0.6 is 0 Å². The van der Waals surface area contributed by atoms with Crippen molar-refractivity contribution >= 4 is 29.0 Å². The van der Waals surface area contributed by atoms with Crippen molar-refractivity contribution in [2.45, 2.75) is 47.5 Å². The van der Waals surface area contributed by atoms with Crippen molar-refractivity contribution in [1.82, 2.24) is 16.0 Å². The molecule has 1 aromatic rings. The van der Waals surface area contributed by atoms with Crippen molar-refractivity contribution in [1.29, 1.82) is 10.7 Å². The number of hydrogen-bond donors (Lipinski definition) is 5. The maximum absolute atomic E-state index is 14.8. The van der Waals surface area contributed by atoms with Crippen molar-refractivity contribution in [2.24, 2.45) is 5.41 Å². The average Bonchev–Trinajstić information content (AvgIpc) is 2.75. The smallest absolute Gasteiger partial charge is 0.319 e. The number of hydrogen-bond acceptors (Lipinski definition) is 5. The summed E-state index contributed by atoms with van der Waals surface area (Å²) in [4.78, 5) is 23.4. The van der Waals surface area contributed by atoms with Crippen LogP contribution in [0.4, 0.5) is 19.3 Å². The molecule has 0 unspecified atom stereocenters. The Balaban J connectivity index is 2.29. The van der Waals surface area contributed by atoms with Crippen LogP contribution in [-0.4, -0.2) is 24.3 Å². The SMILES string of the molecule is CCC1=CC(c2cc(NC(=O)NCCC(C)(C)C#N)c(F)cc2F)=C(C)N/C1=C/C(=N)NC(C)=O. The van der Waals surface area contributed by atoms with Crippen molar-refractivity contribution in [2.75, 3.05) is 11.9 Å². The molecule has 1 aromatic carbocycles. The first-order valence-electron chi connectivity index (χ1n) is 11.1. The van der Waals surface area contributed by atoms with Crippen LogP contribution in [0, 0.1) is 33.8 Å². The third kappa shape index (κ3) is 7.50. The number of halogens is 2. The molecule has 1 aliphatic heterocycles. The number of nitrogens with zero attached hydrogens (tertiary/aromatic N) is 1. The van der Waals surface area contributed by atoms with Crippen LogP contribution in [0.25, 0.3) is 5.57 Å². The Morgan fingerprint density at radius 3 is 2.54 bits per heavy atom. The number of anilines is 1. The number of nitriles is 1. The number of carbonyl (C=O) groups excluding carboxylic acids is 2. The Morgan fingerprint density at radius 1 is 1.26 bits per heavy atom. The number of urea groups is 1. The lowest BCUT2D eigenvalue weighted by Crippen LogP contribution is -2.32. The van der Waals surface area contributed by atoms with Gasteiger partial charge < -0.3 is 21.3 Å². The van der Waals surface area contributed by atoms with Crippen molar-refractivity contribution in [3.63, 3.8) is 0 Å². The number of amides is 3. The zero-order chi connectivity index (χ0) is 26.3. The maximum Gasteiger partial charge on any atom is 0.319 e. The van der Waals surface area contributed by atoms with E-state index < -0.39 is 23.1 Å². The summed E-state index contributed by atoms with van der Waals surface area (Å²) >= 11 is 0. The predicted molar refractivity (Wildman–Crippen MR) is 131 cm³/mol. The van der Waals surface area contributed by atoms with E-state index in [9.17, 15) is 18.4 Å². The van der Waals surface area contributed by atoms with Gasteiger partial charge in [0.25, 0.3) is 0 Å². The number of benzene rings is 1. The quantitative estimate of drug-likeness (QED) is 0.284. The molecule has 0 saturated carbocycles. The van der Waals surface area contributed by atoms with Gasteiger partial charge in [-0.05, 0) is 51.3 Å². The average molecular weight is 485 g/mol. The van der Waals surface area contributed by atoms with Gasteiger partial charge in [0.05, 0.1) is 17.2 Å². The fourth-order valence-corrected chi connectivity index (χ4v) is 3.34. The normalized spacial score (nSPS) is 14.6. The zero-order valence-corrected chi connectivity index (χ0v) is 20.5. The Morgan fingerprint density at radius 2 is 1.94 bits per heavy atom. The summed E-state index contributed by atoms with van der Waals surface area (Å²) in [5, 5.41) is 27.4. The lowest BCUT2D eigenvalue weighted by atomic mass is 9.92. The van der Waals surface area contributed by atoms with Gasteiger partial charge in [-0.15, -0.1) is 0 Å². The topological polar surface area (TPSA) is 130 Å². The molecule has 5 N–H and O–H groups in total. The van der Waals surface area contributed by atoms with Gasteiger partial charge >= 0.3 is 6.03 Å². The molecule has 0 bridgehead atoms. The van der Waals surface area contributed by atoms with E-state index in [1.54, 1.807) is 26.8 Å². The van der Waals surface area contributed by atoms with Gasteiger partial charge in [-0.25, -0.2) is 13.6 Å². The molecule has 0 fully saturated rings. The Kier molecular flexibility index (Phi) is 8.89. The number of carbonyl (C=O) groups is 2. The van der Waals surface area contributed by atoms with Crippen LogP contribution in [0.2, 0.25) is 0 Å². The predicted octanol–water partition coefficient (Wildman–Crippen LogP) is 4.69.